The van der Waals surface area contributed by atoms with Gasteiger partial charge in [-0.25, -0.2) is 0 Å². The van der Waals surface area contributed by atoms with Gasteiger partial charge < -0.3 is 10.4 Å². The van der Waals surface area contributed by atoms with E-state index < -0.39 is 6.10 Å². The number of hydrogen-bond acceptors (Lipinski definition) is 2. The van der Waals surface area contributed by atoms with Crippen LogP contribution in [0.25, 0.3) is 10.8 Å². The molecular weight excluding hydrogens is 298 g/mol. The van der Waals surface area contributed by atoms with Crippen molar-refractivity contribution in [3.63, 3.8) is 0 Å². The highest BCUT2D eigenvalue weighted by molar-refractivity contribution is 6.02. The molecule has 0 aliphatic rings. The fourth-order valence-electron chi connectivity index (χ4n) is 2.77. The molecule has 1 atom stereocenters. The van der Waals surface area contributed by atoms with Gasteiger partial charge in [0.15, 0.2) is 0 Å². The molecule has 3 aromatic rings. The molecule has 0 aromatic heterocycles. The minimum Gasteiger partial charge on any atom is -0.388 e. The number of carbonyl (C=O) groups is 1. The lowest BCUT2D eigenvalue weighted by atomic mass is 10.0. The maximum Gasteiger partial charge on any atom is 0.224 e. The van der Waals surface area contributed by atoms with Crippen LogP contribution in [0.4, 0.5) is 5.69 Å². The maximum atomic E-state index is 12.2. The molecule has 1 amide bonds. The van der Waals surface area contributed by atoms with Crippen LogP contribution in [0.1, 0.15) is 30.1 Å². The number of aryl methyl sites for hydroxylation is 1. The zero-order valence-corrected chi connectivity index (χ0v) is 13.7. The molecule has 3 nitrogen and oxygen atoms in total. The van der Waals surface area contributed by atoms with E-state index in [1.807, 2.05) is 73.7 Å². The first-order valence-electron chi connectivity index (χ1n) is 8.16. The fourth-order valence-corrected chi connectivity index (χ4v) is 2.77. The van der Waals surface area contributed by atoms with E-state index in [1.165, 1.54) is 0 Å². The number of hydrogen-bond donors (Lipinski definition) is 2. The Bertz CT molecular complexity index is 835. The first kappa shape index (κ1) is 16.2. The van der Waals surface area contributed by atoms with Gasteiger partial charge in [0, 0.05) is 17.5 Å². The van der Waals surface area contributed by atoms with E-state index in [9.17, 15) is 9.90 Å². The van der Waals surface area contributed by atoms with Gasteiger partial charge in [-0.1, -0.05) is 66.2 Å². The van der Waals surface area contributed by atoms with Crippen molar-refractivity contribution in [2.24, 2.45) is 0 Å². The Balaban J connectivity index is 1.62. The Morgan fingerprint density at radius 2 is 1.71 bits per heavy atom. The second-order valence-electron chi connectivity index (χ2n) is 6.04. The molecule has 24 heavy (non-hydrogen) atoms. The van der Waals surface area contributed by atoms with E-state index in [0.717, 1.165) is 27.6 Å². The van der Waals surface area contributed by atoms with Crippen LogP contribution in [-0.2, 0) is 4.79 Å². The number of carbonyl (C=O) groups excluding carboxylic acids is 1. The lowest BCUT2D eigenvalue weighted by Crippen LogP contribution is -2.13. The molecule has 3 aromatic carbocycles. The predicted octanol–water partition coefficient (Wildman–Crippen LogP) is 4.60. The van der Waals surface area contributed by atoms with Gasteiger partial charge in [-0.05, 0) is 30.4 Å². The summed E-state index contributed by atoms with van der Waals surface area (Å²) >= 11 is 0. The van der Waals surface area contributed by atoms with Crippen molar-refractivity contribution in [1.29, 1.82) is 0 Å². The lowest BCUT2D eigenvalue weighted by Gasteiger charge is -2.12. The molecule has 0 bridgehead atoms. The molecule has 0 spiro atoms. The SMILES string of the molecule is Cc1ccc([C@H](O)CCC(=O)Nc2cccc3ccccc23)cc1. The zero-order valence-electron chi connectivity index (χ0n) is 13.7. The normalized spacial score (nSPS) is 12.1. The van der Waals surface area contributed by atoms with Gasteiger partial charge in [0.1, 0.15) is 0 Å². The fraction of sp³-hybridized carbons (Fsp3) is 0.190. The Labute approximate surface area is 142 Å². The molecule has 2 N–H and O–H groups in total. The number of benzene rings is 3. The Hall–Kier alpha value is -2.65. The van der Waals surface area contributed by atoms with Crippen molar-refractivity contribution >= 4 is 22.4 Å². The average molecular weight is 319 g/mol. The molecule has 0 saturated carbocycles. The second-order valence-corrected chi connectivity index (χ2v) is 6.04. The summed E-state index contributed by atoms with van der Waals surface area (Å²) in [7, 11) is 0. The molecule has 0 saturated heterocycles. The van der Waals surface area contributed by atoms with Crippen LogP contribution < -0.4 is 5.32 Å². The number of amides is 1. The van der Waals surface area contributed by atoms with E-state index >= 15 is 0 Å². The van der Waals surface area contributed by atoms with Crippen molar-refractivity contribution < 1.29 is 9.90 Å². The number of nitrogens with one attached hydrogen (secondary N) is 1. The van der Waals surface area contributed by atoms with Gasteiger partial charge in [-0.15, -0.1) is 0 Å². The molecule has 3 heteroatoms. The molecule has 0 aliphatic heterocycles. The minimum atomic E-state index is -0.621. The van der Waals surface area contributed by atoms with Gasteiger partial charge >= 0.3 is 0 Å². The molecule has 0 radical (unpaired) electrons. The third kappa shape index (κ3) is 3.81. The van der Waals surface area contributed by atoms with Gasteiger partial charge in [-0.3, -0.25) is 4.79 Å². The van der Waals surface area contributed by atoms with E-state index in [-0.39, 0.29) is 12.3 Å². The molecule has 0 aliphatic carbocycles. The zero-order chi connectivity index (χ0) is 16.9. The van der Waals surface area contributed by atoms with E-state index in [4.69, 9.17) is 0 Å². The number of fused-ring (bicyclic) bond motifs is 1. The maximum absolute atomic E-state index is 12.2. The summed E-state index contributed by atoms with van der Waals surface area (Å²) in [5.74, 6) is -0.0856. The number of aliphatic hydroxyl groups excluding tert-OH is 1. The molecule has 0 unspecified atom stereocenters. The minimum absolute atomic E-state index is 0.0856. The predicted molar refractivity (Wildman–Crippen MR) is 98.0 cm³/mol. The van der Waals surface area contributed by atoms with Crippen molar-refractivity contribution in [3.05, 3.63) is 77.9 Å². The summed E-state index contributed by atoms with van der Waals surface area (Å²) < 4.78 is 0. The van der Waals surface area contributed by atoms with Gasteiger partial charge in [0.05, 0.1) is 6.10 Å². The van der Waals surface area contributed by atoms with Gasteiger partial charge in [-0.2, -0.15) is 0 Å². The molecule has 0 heterocycles. The Morgan fingerprint density at radius 1 is 1.00 bits per heavy atom. The number of aliphatic hydroxyl groups is 1. The summed E-state index contributed by atoms with van der Waals surface area (Å²) in [4.78, 5) is 12.2. The van der Waals surface area contributed by atoms with Crippen LogP contribution >= 0.6 is 0 Å². The molecule has 0 fully saturated rings. The summed E-state index contributed by atoms with van der Waals surface area (Å²) in [5, 5.41) is 15.3. The largest absolute Gasteiger partial charge is 0.388 e. The summed E-state index contributed by atoms with van der Waals surface area (Å²) in [6.07, 6.45) is 0.0571. The van der Waals surface area contributed by atoms with Crippen molar-refractivity contribution in [1.82, 2.24) is 0 Å². The molecular formula is C21H21NO2. The average Bonchev–Trinajstić information content (AvgIpc) is 2.61. The lowest BCUT2D eigenvalue weighted by molar-refractivity contribution is -0.116. The van der Waals surface area contributed by atoms with Crippen LogP contribution in [0.15, 0.2) is 66.7 Å². The monoisotopic (exact) mass is 319 g/mol. The van der Waals surface area contributed by atoms with Crippen LogP contribution in [0.2, 0.25) is 0 Å². The van der Waals surface area contributed by atoms with Crippen LogP contribution in [-0.4, -0.2) is 11.0 Å². The summed E-state index contributed by atoms with van der Waals surface area (Å²) in [6, 6.07) is 21.5. The number of rotatable bonds is 5. The van der Waals surface area contributed by atoms with Gasteiger partial charge in [0.25, 0.3) is 0 Å². The molecule has 122 valence electrons. The number of anilines is 1. The van der Waals surface area contributed by atoms with Crippen molar-refractivity contribution in [2.75, 3.05) is 5.32 Å². The second kappa shape index (κ2) is 7.28. The third-order valence-electron chi connectivity index (χ3n) is 4.17. The van der Waals surface area contributed by atoms with Crippen LogP contribution in [0.3, 0.4) is 0 Å². The quantitative estimate of drug-likeness (QED) is 0.722. The highest BCUT2D eigenvalue weighted by atomic mass is 16.3. The van der Waals surface area contributed by atoms with E-state index in [2.05, 4.69) is 5.32 Å². The Kier molecular flexibility index (Phi) is 4.92. The summed E-state index contributed by atoms with van der Waals surface area (Å²) in [5.41, 5.74) is 2.81. The van der Waals surface area contributed by atoms with Gasteiger partial charge in [0.2, 0.25) is 5.91 Å². The topological polar surface area (TPSA) is 49.3 Å². The third-order valence-corrected chi connectivity index (χ3v) is 4.17. The highest BCUT2D eigenvalue weighted by Gasteiger charge is 2.11. The van der Waals surface area contributed by atoms with E-state index in [1.54, 1.807) is 0 Å². The first-order chi connectivity index (χ1) is 11.6. The van der Waals surface area contributed by atoms with Crippen molar-refractivity contribution in [3.8, 4) is 0 Å². The van der Waals surface area contributed by atoms with Crippen molar-refractivity contribution in [2.45, 2.75) is 25.9 Å². The Morgan fingerprint density at radius 3 is 2.50 bits per heavy atom. The van der Waals surface area contributed by atoms with Crippen LogP contribution in [0.5, 0.6) is 0 Å². The smallest absolute Gasteiger partial charge is 0.224 e. The summed E-state index contributed by atoms with van der Waals surface area (Å²) in [6.45, 7) is 2.01. The highest BCUT2D eigenvalue weighted by Crippen LogP contribution is 2.24. The standard InChI is InChI=1S/C21H21NO2/c1-15-9-11-17(12-10-15)20(23)13-14-21(24)22-19-8-4-6-16-5-2-3-7-18(16)19/h2-12,20,23H,13-14H2,1H3,(H,22,24)/t20-/m1/s1. The van der Waals surface area contributed by atoms with E-state index in [0.29, 0.717) is 6.42 Å². The van der Waals surface area contributed by atoms with Crippen LogP contribution in [0, 0.1) is 6.92 Å². The first-order valence-corrected chi connectivity index (χ1v) is 8.16. The molecule has 3 rings (SSSR count).